The lowest BCUT2D eigenvalue weighted by molar-refractivity contribution is 0.415. The average Bonchev–Trinajstić information content (AvgIpc) is 3.20. The molecule has 51 heavy (non-hydrogen) atoms. The fourth-order valence-corrected chi connectivity index (χ4v) is 6.60. The van der Waals surface area contributed by atoms with Gasteiger partial charge in [-0.25, -0.2) is 0 Å². The summed E-state index contributed by atoms with van der Waals surface area (Å²) >= 11 is 0. The predicted octanol–water partition coefficient (Wildman–Crippen LogP) is 13.5. The van der Waals surface area contributed by atoms with Gasteiger partial charge in [0, 0.05) is 17.1 Å². The van der Waals surface area contributed by atoms with Gasteiger partial charge in [-0.2, -0.15) is 0 Å². The summed E-state index contributed by atoms with van der Waals surface area (Å²) < 4.78 is 5.37. The van der Waals surface area contributed by atoms with Crippen molar-refractivity contribution in [3.05, 3.63) is 204 Å². The molecule has 0 radical (unpaired) electrons. The summed E-state index contributed by atoms with van der Waals surface area (Å²) in [5.41, 5.74) is 10.3. The van der Waals surface area contributed by atoms with Crippen molar-refractivity contribution in [3.63, 3.8) is 0 Å². The number of benzene rings is 8. The minimum atomic E-state index is 0.855. The van der Waals surface area contributed by atoms with Crippen LogP contribution in [0.25, 0.3) is 57.0 Å². The van der Waals surface area contributed by atoms with Gasteiger partial charge in [0.15, 0.2) is 0 Å². The largest absolute Gasteiger partial charge is 0.497 e. The fourth-order valence-electron chi connectivity index (χ4n) is 6.60. The molecule has 0 aromatic heterocycles. The van der Waals surface area contributed by atoms with Gasteiger partial charge in [0.05, 0.1) is 7.11 Å². The lowest BCUT2D eigenvalue weighted by atomic mass is 9.99. The normalized spacial score (nSPS) is 11.5. The third kappa shape index (κ3) is 7.08. The number of fused-ring (bicyclic) bond motifs is 3. The van der Waals surface area contributed by atoms with Gasteiger partial charge in [0.2, 0.25) is 0 Å². The van der Waals surface area contributed by atoms with E-state index in [0.29, 0.717) is 0 Å². The Balaban J connectivity index is 1.14. The van der Waals surface area contributed by atoms with Crippen molar-refractivity contribution in [3.8, 4) is 16.9 Å². The zero-order valence-corrected chi connectivity index (χ0v) is 28.5. The molecule has 0 aliphatic heterocycles. The van der Waals surface area contributed by atoms with Gasteiger partial charge in [-0.3, -0.25) is 0 Å². The van der Waals surface area contributed by atoms with Gasteiger partial charge in [-0.15, -0.1) is 0 Å². The molecule has 8 aromatic rings. The summed E-state index contributed by atoms with van der Waals surface area (Å²) in [6.07, 6.45) is 8.67. The first-order valence-electron chi connectivity index (χ1n) is 17.3. The van der Waals surface area contributed by atoms with E-state index in [0.717, 1.165) is 39.5 Å². The topological polar surface area (TPSA) is 12.5 Å². The predicted molar refractivity (Wildman–Crippen MR) is 219 cm³/mol. The van der Waals surface area contributed by atoms with Crippen LogP contribution in [-0.2, 0) is 0 Å². The average molecular weight is 656 g/mol. The summed E-state index contributed by atoms with van der Waals surface area (Å²) in [6.45, 7) is 0. The second-order valence-electron chi connectivity index (χ2n) is 12.6. The SMILES string of the molecule is COc1ccc(-c2ccc(N(c3ccc(C=Cc4ccccc4)cc3)c3ccc4c(ccc5cc(C=Cc6ccccc6)ccc54)c3)cc2)cc1. The highest BCUT2D eigenvalue weighted by atomic mass is 16.5. The smallest absolute Gasteiger partial charge is 0.118 e. The number of ether oxygens (including phenoxy) is 1. The molecule has 0 aliphatic rings. The maximum Gasteiger partial charge on any atom is 0.118 e. The molecule has 8 rings (SSSR count). The van der Waals surface area contributed by atoms with Crippen LogP contribution in [0.1, 0.15) is 22.3 Å². The minimum Gasteiger partial charge on any atom is -0.497 e. The Morgan fingerprint density at radius 3 is 1.37 bits per heavy atom. The quantitative estimate of drug-likeness (QED) is 0.113. The van der Waals surface area contributed by atoms with E-state index in [2.05, 4.69) is 187 Å². The summed E-state index contributed by atoms with van der Waals surface area (Å²) in [5, 5.41) is 4.93. The lowest BCUT2D eigenvalue weighted by Gasteiger charge is -2.26. The summed E-state index contributed by atoms with van der Waals surface area (Å²) in [4.78, 5) is 2.34. The molecule has 0 fully saturated rings. The molecule has 0 bridgehead atoms. The van der Waals surface area contributed by atoms with Gasteiger partial charge in [0.1, 0.15) is 5.75 Å². The molecule has 244 valence electrons. The second kappa shape index (κ2) is 14.5. The van der Waals surface area contributed by atoms with Crippen LogP contribution in [0.5, 0.6) is 5.75 Å². The number of hydrogen-bond acceptors (Lipinski definition) is 2. The van der Waals surface area contributed by atoms with Crippen LogP contribution in [0.4, 0.5) is 17.1 Å². The van der Waals surface area contributed by atoms with E-state index >= 15 is 0 Å². The Morgan fingerprint density at radius 1 is 0.373 bits per heavy atom. The molecule has 0 heterocycles. The first kappa shape index (κ1) is 31.6. The van der Waals surface area contributed by atoms with E-state index < -0.39 is 0 Å². The first-order valence-corrected chi connectivity index (χ1v) is 17.3. The van der Waals surface area contributed by atoms with Gasteiger partial charge < -0.3 is 9.64 Å². The molecule has 0 amide bonds. The van der Waals surface area contributed by atoms with Crippen molar-refractivity contribution in [1.29, 1.82) is 0 Å². The Morgan fingerprint density at radius 2 is 0.804 bits per heavy atom. The second-order valence-corrected chi connectivity index (χ2v) is 12.6. The monoisotopic (exact) mass is 655 g/mol. The van der Waals surface area contributed by atoms with Crippen LogP contribution < -0.4 is 9.64 Å². The summed E-state index contributed by atoms with van der Waals surface area (Å²) in [7, 11) is 1.70. The van der Waals surface area contributed by atoms with Crippen molar-refractivity contribution in [2.24, 2.45) is 0 Å². The minimum absolute atomic E-state index is 0.855. The molecule has 0 saturated heterocycles. The Labute approximate surface area is 299 Å². The van der Waals surface area contributed by atoms with Crippen molar-refractivity contribution in [2.45, 2.75) is 0 Å². The number of anilines is 3. The maximum atomic E-state index is 5.37. The number of nitrogens with zero attached hydrogens (tertiary/aromatic N) is 1. The van der Waals surface area contributed by atoms with Crippen LogP contribution >= 0.6 is 0 Å². The van der Waals surface area contributed by atoms with E-state index in [9.17, 15) is 0 Å². The number of methoxy groups -OCH3 is 1. The van der Waals surface area contributed by atoms with Crippen molar-refractivity contribution in [2.75, 3.05) is 12.0 Å². The van der Waals surface area contributed by atoms with Crippen molar-refractivity contribution >= 4 is 62.9 Å². The van der Waals surface area contributed by atoms with Gasteiger partial charge in [0.25, 0.3) is 0 Å². The molecule has 8 aromatic carbocycles. The standard InChI is InChI=1S/C49H37NO/c1-51-47-30-23-41(24-31-47)40-21-27-45(28-22-40)50(44-25-16-38(17-26-44)13-12-36-8-4-2-5-9-36)46-29-33-49-43(35-46)20-19-42-34-39(18-32-48(42)49)15-14-37-10-6-3-7-11-37/h2-35H,1H3. The van der Waals surface area contributed by atoms with Crippen LogP contribution in [0.2, 0.25) is 0 Å². The highest BCUT2D eigenvalue weighted by molar-refractivity contribution is 6.09. The Bertz CT molecular complexity index is 2460. The van der Waals surface area contributed by atoms with Gasteiger partial charge >= 0.3 is 0 Å². The van der Waals surface area contributed by atoms with Crippen LogP contribution in [-0.4, -0.2) is 7.11 Å². The maximum absolute atomic E-state index is 5.37. The van der Waals surface area contributed by atoms with E-state index in [4.69, 9.17) is 4.74 Å². The third-order valence-electron chi connectivity index (χ3n) is 9.34. The highest BCUT2D eigenvalue weighted by Gasteiger charge is 2.14. The molecular formula is C49H37NO. The molecule has 2 nitrogen and oxygen atoms in total. The molecule has 0 unspecified atom stereocenters. The molecule has 0 N–H and O–H groups in total. The molecule has 2 heteroatoms. The van der Waals surface area contributed by atoms with Crippen molar-refractivity contribution < 1.29 is 4.74 Å². The summed E-state index contributed by atoms with van der Waals surface area (Å²) in [5.74, 6) is 0.855. The molecular weight excluding hydrogens is 619 g/mol. The van der Waals surface area contributed by atoms with Crippen molar-refractivity contribution in [1.82, 2.24) is 0 Å². The highest BCUT2D eigenvalue weighted by Crippen LogP contribution is 2.38. The Hall–Kier alpha value is -6.64. The van der Waals surface area contributed by atoms with Crippen LogP contribution in [0, 0.1) is 0 Å². The van der Waals surface area contributed by atoms with Crippen LogP contribution in [0.3, 0.4) is 0 Å². The lowest BCUT2D eigenvalue weighted by Crippen LogP contribution is -2.09. The van der Waals surface area contributed by atoms with Crippen LogP contribution in [0.15, 0.2) is 182 Å². The zero-order chi connectivity index (χ0) is 34.4. The van der Waals surface area contributed by atoms with E-state index in [1.165, 1.54) is 38.2 Å². The number of hydrogen-bond donors (Lipinski definition) is 0. The molecule has 0 spiro atoms. The van der Waals surface area contributed by atoms with Gasteiger partial charge in [-0.05, 0) is 110 Å². The van der Waals surface area contributed by atoms with E-state index in [1.54, 1.807) is 7.11 Å². The number of rotatable bonds is 9. The Kier molecular flexibility index (Phi) is 8.96. The zero-order valence-electron chi connectivity index (χ0n) is 28.5. The van der Waals surface area contributed by atoms with E-state index in [-0.39, 0.29) is 0 Å². The molecule has 0 aliphatic carbocycles. The first-order chi connectivity index (χ1) is 25.2. The molecule has 0 saturated carbocycles. The summed E-state index contributed by atoms with van der Waals surface area (Å²) in [6, 6.07) is 64.7. The fraction of sp³-hybridized carbons (Fsp3) is 0.0204. The third-order valence-corrected chi connectivity index (χ3v) is 9.34. The van der Waals surface area contributed by atoms with Gasteiger partial charge in [-0.1, -0.05) is 152 Å². The van der Waals surface area contributed by atoms with E-state index in [1.807, 2.05) is 24.3 Å². The molecule has 0 atom stereocenters.